The van der Waals surface area contributed by atoms with E-state index in [1.165, 1.54) is 0 Å². The van der Waals surface area contributed by atoms with E-state index in [0.29, 0.717) is 18.7 Å². The highest BCUT2D eigenvalue weighted by Gasteiger charge is 2.38. The van der Waals surface area contributed by atoms with E-state index in [1.54, 1.807) is 17.0 Å². The van der Waals surface area contributed by atoms with Crippen molar-refractivity contribution in [3.63, 3.8) is 0 Å². The highest BCUT2D eigenvalue weighted by molar-refractivity contribution is 5.95. The number of likely N-dealkylation sites (tertiary alicyclic amines) is 1. The summed E-state index contributed by atoms with van der Waals surface area (Å²) in [5.74, 6) is 0.493. The van der Waals surface area contributed by atoms with Crippen LogP contribution in [-0.2, 0) is 16.0 Å². The van der Waals surface area contributed by atoms with Gasteiger partial charge in [0.05, 0.1) is 0 Å². The molecule has 116 valence electrons. The molecule has 5 nitrogen and oxygen atoms in total. The highest BCUT2D eigenvalue weighted by Crippen LogP contribution is 2.24. The number of furan rings is 1. The quantitative estimate of drug-likeness (QED) is 0.804. The molecule has 1 aromatic heterocycles. The minimum Gasteiger partial charge on any atom is -0.458 e. The van der Waals surface area contributed by atoms with Gasteiger partial charge in [-0.25, -0.2) is 4.79 Å². The molecule has 1 aromatic rings. The second-order valence-electron chi connectivity index (χ2n) is 6.31. The third-order valence-corrected chi connectivity index (χ3v) is 3.41. The predicted molar refractivity (Wildman–Crippen MR) is 78.0 cm³/mol. The molecule has 2 rings (SSSR count). The Bertz CT molecular complexity index is 527. The molecule has 1 amide bonds. The van der Waals surface area contributed by atoms with E-state index < -0.39 is 11.6 Å². The van der Waals surface area contributed by atoms with Gasteiger partial charge >= 0.3 is 5.97 Å². The molecule has 5 heteroatoms. The molecule has 0 saturated carbocycles. The standard InChI is InChI=1S/C16H23NO4/c1-5-11-8-9-13(20-11)14(18)17-10-6-7-12(17)15(19)21-16(2,3)4/h8-9,12H,5-7,10H2,1-4H3/t12-/m1/s1. The van der Waals surface area contributed by atoms with Gasteiger partial charge in [-0.3, -0.25) is 4.79 Å². The molecule has 21 heavy (non-hydrogen) atoms. The van der Waals surface area contributed by atoms with Crippen LogP contribution in [0.5, 0.6) is 0 Å². The van der Waals surface area contributed by atoms with E-state index >= 15 is 0 Å². The number of aryl methyl sites for hydroxylation is 1. The Hall–Kier alpha value is -1.78. The second kappa shape index (κ2) is 5.92. The lowest BCUT2D eigenvalue weighted by Crippen LogP contribution is -2.43. The third-order valence-electron chi connectivity index (χ3n) is 3.41. The fraction of sp³-hybridized carbons (Fsp3) is 0.625. The molecule has 0 bridgehead atoms. The Kier molecular flexibility index (Phi) is 4.40. The van der Waals surface area contributed by atoms with Crippen molar-refractivity contribution in [2.75, 3.05) is 6.54 Å². The normalized spacial score (nSPS) is 18.9. The summed E-state index contributed by atoms with van der Waals surface area (Å²) in [6, 6.07) is 2.96. The first kappa shape index (κ1) is 15.6. The number of carbonyl (C=O) groups is 2. The lowest BCUT2D eigenvalue weighted by atomic mass is 10.1. The van der Waals surface area contributed by atoms with E-state index in [4.69, 9.17) is 9.15 Å². The van der Waals surface area contributed by atoms with Crippen LogP contribution in [-0.4, -0.2) is 35.0 Å². The van der Waals surface area contributed by atoms with Gasteiger partial charge in [-0.1, -0.05) is 6.92 Å². The molecule has 2 heterocycles. The topological polar surface area (TPSA) is 59.8 Å². The van der Waals surface area contributed by atoms with Crippen LogP contribution in [0, 0.1) is 0 Å². The van der Waals surface area contributed by atoms with Gasteiger partial charge in [0.2, 0.25) is 0 Å². The summed E-state index contributed by atoms with van der Waals surface area (Å²) in [6.07, 6.45) is 2.18. The summed E-state index contributed by atoms with van der Waals surface area (Å²) in [6.45, 7) is 8.00. The van der Waals surface area contributed by atoms with Crippen LogP contribution in [0.15, 0.2) is 16.5 Å². The number of hydrogen-bond acceptors (Lipinski definition) is 4. The Morgan fingerprint density at radius 1 is 1.38 bits per heavy atom. The van der Waals surface area contributed by atoms with Crippen LogP contribution in [0.25, 0.3) is 0 Å². The number of esters is 1. The van der Waals surface area contributed by atoms with Crippen LogP contribution >= 0.6 is 0 Å². The van der Waals surface area contributed by atoms with Crippen molar-refractivity contribution in [2.45, 2.75) is 58.6 Å². The summed E-state index contributed by atoms with van der Waals surface area (Å²) in [5, 5.41) is 0. The van der Waals surface area contributed by atoms with Crippen molar-refractivity contribution in [1.82, 2.24) is 4.90 Å². The first-order chi connectivity index (χ1) is 9.81. The van der Waals surface area contributed by atoms with Gasteiger partial charge in [0.25, 0.3) is 5.91 Å². The maximum absolute atomic E-state index is 12.5. The SMILES string of the molecule is CCc1ccc(C(=O)N2CCC[C@@H]2C(=O)OC(C)(C)C)o1. The molecule has 1 saturated heterocycles. The average Bonchev–Trinajstić information content (AvgIpc) is 3.05. The zero-order valence-corrected chi connectivity index (χ0v) is 13.1. The number of rotatable bonds is 3. The minimum atomic E-state index is -0.547. The van der Waals surface area contributed by atoms with Crippen LogP contribution in [0.1, 0.15) is 56.9 Å². The fourth-order valence-corrected chi connectivity index (χ4v) is 2.45. The summed E-state index contributed by atoms with van der Waals surface area (Å²) < 4.78 is 10.9. The van der Waals surface area contributed by atoms with Gasteiger partial charge in [-0.15, -0.1) is 0 Å². The number of nitrogens with zero attached hydrogens (tertiary/aromatic N) is 1. The Morgan fingerprint density at radius 2 is 2.10 bits per heavy atom. The van der Waals surface area contributed by atoms with Crippen molar-refractivity contribution in [3.05, 3.63) is 23.7 Å². The molecule has 0 N–H and O–H groups in total. The third kappa shape index (κ3) is 3.65. The largest absolute Gasteiger partial charge is 0.458 e. The highest BCUT2D eigenvalue weighted by atomic mass is 16.6. The predicted octanol–water partition coefficient (Wildman–Crippen LogP) is 2.79. The monoisotopic (exact) mass is 293 g/mol. The molecule has 0 spiro atoms. The molecule has 0 aliphatic carbocycles. The molecule has 1 aliphatic rings. The summed E-state index contributed by atoms with van der Waals surface area (Å²) >= 11 is 0. The summed E-state index contributed by atoms with van der Waals surface area (Å²) in [5.41, 5.74) is -0.547. The Morgan fingerprint density at radius 3 is 2.67 bits per heavy atom. The van der Waals surface area contributed by atoms with Gasteiger partial charge < -0.3 is 14.1 Å². The van der Waals surface area contributed by atoms with Gasteiger partial charge in [0, 0.05) is 13.0 Å². The van der Waals surface area contributed by atoms with E-state index in [-0.39, 0.29) is 11.9 Å². The molecule has 0 aromatic carbocycles. The molecule has 0 unspecified atom stereocenters. The van der Waals surface area contributed by atoms with Crippen molar-refractivity contribution < 1.29 is 18.7 Å². The molecule has 1 aliphatic heterocycles. The van der Waals surface area contributed by atoms with Gasteiger partial charge in [-0.2, -0.15) is 0 Å². The van der Waals surface area contributed by atoms with E-state index in [1.807, 2.05) is 27.7 Å². The summed E-state index contributed by atoms with van der Waals surface area (Å²) in [4.78, 5) is 26.3. The van der Waals surface area contributed by atoms with Crippen LogP contribution in [0.4, 0.5) is 0 Å². The van der Waals surface area contributed by atoms with E-state index in [2.05, 4.69) is 0 Å². The second-order valence-corrected chi connectivity index (χ2v) is 6.31. The van der Waals surface area contributed by atoms with Crippen molar-refractivity contribution >= 4 is 11.9 Å². The van der Waals surface area contributed by atoms with Gasteiger partial charge in [-0.05, 0) is 45.7 Å². The first-order valence-corrected chi connectivity index (χ1v) is 7.44. The Labute approximate surface area is 125 Å². The molecule has 1 fully saturated rings. The van der Waals surface area contributed by atoms with Crippen molar-refractivity contribution in [1.29, 1.82) is 0 Å². The van der Waals surface area contributed by atoms with Gasteiger partial charge in [0.15, 0.2) is 5.76 Å². The molecular formula is C16H23NO4. The molecular weight excluding hydrogens is 270 g/mol. The lowest BCUT2D eigenvalue weighted by Gasteiger charge is -2.26. The average molecular weight is 293 g/mol. The lowest BCUT2D eigenvalue weighted by molar-refractivity contribution is -0.159. The van der Waals surface area contributed by atoms with E-state index in [0.717, 1.165) is 18.6 Å². The maximum Gasteiger partial charge on any atom is 0.329 e. The summed E-state index contributed by atoms with van der Waals surface area (Å²) in [7, 11) is 0. The fourth-order valence-electron chi connectivity index (χ4n) is 2.45. The zero-order valence-electron chi connectivity index (χ0n) is 13.1. The first-order valence-electron chi connectivity index (χ1n) is 7.44. The van der Waals surface area contributed by atoms with Crippen LogP contribution < -0.4 is 0 Å². The maximum atomic E-state index is 12.5. The Balaban J connectivity index is 2.11. The number of hydrogen-bond donors (Lipinski definition) is 0. The van der Waals surface area contributed by atoms with E-state index in [9.17, 15) is 9.59 Å². The number of ether oxygens (including phenoxy) is 1. The van der Waals surface area contributed by atoms with Crippen LogP contribution in [0.3, 0.4) is 0 Å². The van der Waals surface area contributed by atoms with Crippen molar-refractivity contribution in [3.8, 4) is 0 Å². The zero-order chi connectivity index (χ0) is 15.6. The number of carbonyl (C=O) groups excluding carboxylic acids is 2. The number of amides is 1. The molecule has 1 atom stereocenters. The van der Waals surface area contributed by atoms with Crippen LogP contribution in [0.2, 0.25) is 0 Å². The van der Waals surface area contributed by atoms with Gasteiger partial charge in [0.1, 0.15) is 17.4 Å². The van der Waals surface area contributed by atoms with Crippen molar-refractivity contribution in [2.24, 2.45) is 0 Å². The minimum absolute atomic E-state index is 0.233. The molecule has 0 radical (unpaired) electrons. The smallest absolute Gasteiger partial charge is 0.329 e.